The normalized spacial score (nSPS) is 18.8. The predicted octanol–water partition coefficient (Wildman–Crippen LogP) is 3.04. The number of hydrogen-bond acceptors (Lipinski definition) is 2. The zero-order valence-electron chi connectivity index (χ0n) is 12.7. The van der Waals surface area contributed by atoms with E-state index in [0.29, 0.717) is 12.8 Å². The van der Waals surface area contributed by atoms with Crippen LogP contribution in [0.25, 0.3) is 0 Å². The summed E-state index contributed by atoms with van der Waals surface area (Å²) in [5.41, 5.74) is -0.107. The van der Waals surface area contributed by atoms with Gasteiger partial charge in [-0.3, -0.25) is 4.79 Å². The molecule has 2 rings (SSSR count). The second-order valence-electron chi connectivity index (χ2n) is 5.93. The van der Waals surface area contributed by atoms with Crippen LogP contribution in [-0.4, -0.2) is 34.5 Å². The van der Waals surface area contributed by atoms with Crippen LogP contribution in [0.5, 0.6) is 0 Å². The molecule has 0 aliphatic heterocycles. The molecule has 1 unspecified atom stereocenters. The fraction of sp³-hybridized carbons (Fsp3) is 0.529. The molecule has 0 bridgehead atoms. The minimum absolute atomic E-state index is 0.120. The van der Waals surface area contributed by atoms with Gasteiger partial charge in [-0.2, -0.15) is 0 Å². The average molecular weight is 289 g/mol. The maximum atomic E-state index is 12.7. The number of carbonyl (C=O) groups is 2. The highest BCUT2D eigenvalue weighted by molar-refractivity contribution is 5.90. The van der Waals surface area contributed by atoms with E-state index >= 15 is 0 Å². The molecule has 0 saturated heterocycles. The molecule has 1 aliphatic rings. The Kier molecular flexibility index (Phi) is 4.66. The maximum Gasteiger partial charge on any atom is 0.329 e. The van der Waals surface area contributed by atoms with Gasteiger partial charge in [0.15, 0.2) is 0 Å². The van der Waals surface area contributed by atoms with E-state index in [4.69, 9.17) is 0 Å². The van der Waals surface area contributed by atoms with Crippen molar-refractivity contribution in [2.24, 2.45) is 0 Å². The third-order valence-electron chi connectivity index (χ3n) is 4.72. The lowest BCUT2D eigenvalue weighted by atomic mass is 9.79. The fourth-order valence-electron chi connectivity index (χ4n) is 3.22. The van der Waals surface area contributed by atoms with Crippen LogP contribution in [0.3, 0.4) is 0 Å². The number of nitrogens with zero attached hydrogens (tertiary/aromatic N) is 1. The van der Waals surface area contributed by atoms with Gasteiger partial charge < -0.3 is 10.0 Å². The number of rotatable bonds is 4. The van der Waals surface area contributed by atoms with Crippen molar-refractivity contribution in [1.29, 1.82) is 0 Å². The van der Waals surface area contributed by atoms with Gasteiger partial charge in [0.1, 0.15) is 5.54 Å². The van der Waals surface area contributed by atoms with Crippen LogP contribution in [-0.2, 0) is 9.59 Å². The van der Waals surface area contributed by atoms with Crippen LogP contribution < -0.4 is 0 Å². The van der Waals surface area contributed by atoms with Crippen molar-refractivity contribution in [1.82, 2.24) is 4.90 Å². The van der Waals surface area contributed by atoms with Gasteiger partial charge in [0.2, 0.25) is 5.91 Å². The first-order valence-corrected chi connectivity index (χ1v) is 7.55. The molecule has 0 radical (unpaired) electrons. The van der Waals surface area contributed by atoms with E-state index in [2.05, 4.69) is 0 Å². The number of benzene rings is 1. The molecule has 21 heavy (non-hydrogen) atoms. The Morgan fingerprint density at radius 1 is 1.14 bits per heavy atom. The van der Waals surface area contributed by atoms with Crippen molar-refractivity contribution in [3.8, 4) is 0 Å². The number of hydrogen-bond donors (Lipinski definition) is 1. The minimum atomic E-state index is -1.03. The van der Waals surface area contributed by atoms with Gasteiger partial charge in [-0.05, 0) is 25.3 Å². The molecule has 1 amide bonds. The highest BCUT2D eigenvalue weighted by Gasteiger charge is 2.46. The minimum Gasteiger partial charge on any atom is -0.479 e. The lowest BCUT2D eigenvalue weighted by Crippen LogP contribution is -2.57. The molecule has 1 aromatic rings. The molecule has 1 fully saturated rings. The van der Waals surface area contributed by atoms with Crippen LogP contribution in [0.4, 0.5) is 0 Å². The molecule has 1 aliphatic carbocycles. The number of carbonyl (C=O) groups excluding carboxylic acids is 1. The Hall–Kier alpha value is -1.84. The van der Waals surface area contributed by atoms with Crippen LogP contribution >= 0.6 is 0 Å². The Morgan fingerprint density at radius 2 is 1.71 bits per heavy atom. The summed E-state index contributed by atoms with van der Waals surface area (Å²) in [7, 11) is 1.64. The summed E-state index contributed by atoms with van der Waals surface area (Å²) < 4.78 is 0. The van der Waals surface area contributed by atoms with Crippen LogP contribution in [0.2, 0.25) is 0 Å². The molecular formula is C17H23NO3. The van der Waals surface area contributed by atoms with Crippen molar-refractivity contribution in [2.75, 3.05) is 7.05 Å². The molecule has 1 N–H and O–H groups in total. The number of carboxylic acids is 1. The second-order valence-corrected chi connectivity index (χ2v) is 5.93. The van der Waals surface area contributed by atoms with Crippen LogP contribution in [0.15, 0.2) is 30.3 Å². The molecular weight excluding hydrogens is 266 g/mol. The molecule has 1 atom stereocenters. The first kappa shape index (κ1) is 15.5. The fourth-order valence-corrected chi connectivity index (χ4v) is 3.22. The van der Waals surface area contributed by atoms with Crippen molar-refractivity contribution >= 4 is 11.9 Å². The molecule has 4 nitrogen and oxygen atoms in total. The number of aliphatic carboxylic acids is 1. The molecule has 0 spiro atoms. The van der Waals surface area contributed by atoms with E-state index in [1.165, 1.54) is 4.90 Å². The van der Waals surface area contributed by atoms with E-state index < -0.39 is 11.5 Å². The zero-order valence-corrected chi connectivity index (χ0v) is 12.7. The average Bonchev–Trinajstić information content (AvgIpc) is 2.54. The van der Waals surface area contributed by atoms with Gasteiger partial charge in [0.05, 0.1) is 5.92 Å². The highest BCUT2D eigenvalue weighted by Crippen LogP contribution is 2.35. The molecule has 0 aromatic heterocycles. The third kappa shape index (κ3) is 2.94. The Morgan fingerprint density at radius 3 is 2.24 bits per heavy atom. The summed E-state index contributed by atoms with van der Waals surface area (Å²) in [6, 6.07) is 9.51. The highest BCUT2D eigenvalue weighted by atomic mass is 16.4. The number of likely N-dealkylation sites (N-methyl/N-ethyl adjacent to an activating group) is 1. The topological polar surface area (TPSA) is 57.6 Å². The SMILES string of the molecule is CC(C(=O)N(C)C1(C(=O)O)CCCCC1)c1ccccc1. The molecule has 4 heteroatoms. The lowest BCUT2D eigenvalue weighted by Gasteiger charge is -2.42. The maximum absolute atomic E-state index is 12.7. The van der Waals surface area contributed by atoms with Crippen molar-refractivity contribution in [3.63, 3.8) is 0 Å². The zero-order chi connectivity index (χ0) is 15.5. The van der Waals surface area contributed by atoms with Crippen LogP contribution in [0.1, 0.15) is 50.5 Å². The summed E-state index contributed by atoms with van der Waals surface area (Å²) >= 11 is 0. The summed E-state index contributed by atoms with van der Waals surface area (Å²) in [5, 5.41) is 9.67. The summed E-state index contributed by atoms with van der Waals surface area (Å²) in [4.78, 5) is 26.0. The van der Waals surface area contributed by atoms with Crippen LogP contribution in [0, 0.1) is 0 Å². The van der Waals surface area contributed by atoms with Crippen molar-refractivity contribution in [2.45, 2.75) is 50.5 Å². The van der Waals surface area contributed by atoms with Gasteiger partial charge in [-0.1, -0.05) is 49.6 Å². The lowest BCUT2D eigenvalue weighted by molar-refractivity contribution is -0.160. The van der Waals surface area contributed by atoms with Gasteiger partial charge in [-0.15, -0.1) is 0 Å². The van der Waals surface area contributed by atoms with Gasteiger partial charge in [-0.25, -0.2) is 4.79 Å². The first-order chi connectivity index (χ1) is 9.99. The Bertz CT molecular complexity index is 506. The van der Waals surface area contributed by atoms with Crippen molar-refractivity contribution in [3.05, 3.63) is 35.9 Å². The van der Waals surface area contributed by atoms with Crippen molar-refractivity contribution < 1.29 is 14.7 Å². The number of amides is 1. The van der Waals surface area contributed by atoms with E-state index in [9.17, 15) is 14.7 Å². The van der Waals surface area contributed by atoms with Gasteiger partial charge in [0.25, 0.3) is 0 Å². The molecule has 1 aromatic carbocycles. The predicted molar refractivity (Wildman–Crippen MR) is 81.1 cm³/mol. The quantitative estimate of drug-likeness (QED) is 0.927. The first-order valence-electron chi connectivity index (χ1n) is 7.55. The number of carboxylic acid groups (broad SMARTS) is 1. The van der Waals surface area contributed by atoms with E-state index in [1.54, 1.807) is 7.05 Å². The molecule has 1 saturated carbocycles. The monoisotopic (exact) mass is 289 g/mol. The third-order valence-corrected chi connectivity index (χ3v) is 4.72. The van der Waals surface area contributed by atoms with Gasteiger partial charge >= 0.3 is 5.97 Å². The summed E-state index contributed by atoms with van der Waals surface area (Å²) in [6.45, 7) is 1.84. The second kappa shape index (κ2) is 6.29. The standard InChI is InChI=1S/C17H23NO3/c1-13(14-9-5-3-6-10-14)15(19)18(2)17(16(20)21)11-7-4-8-12-17/h3,5-6,9-10,13H,4,7-8,11-12H2,1-2H3,(H,20,21). The largest absolute Gasteiger partial charge is 0.479 e. The van der Waals surface area contributed by atoms with E-state index in [0.717, 1.165) is 24.8 Å². The Balaban J connectivity index is 2.22. The summed E-state index contributed by atoms with van der Waals surface area (Å²) in [6.07, 6.45) is 3.87. The molecule has 114 valence electrons. The van der Waals surface area contributed by atoms with E-state index in [-0.39, 0.29) is 11.8 Å². The summed E-state index contributed by atoms with van der Waals surface area (Å²) in [5.74, 6) is -1.32. The molecule has 0 heterocycles. The van der Waals surface area contributed by atoms with Gasteiger partial charge in [0, 0.05) is 7.05 Å². The smallest absolute Gasteiger partial charge is 0.329 e. The Labute approximate surface area is 125 Å². The van der Waals surface area contributed by atoms with E-state index in [1.807, 2.05) is 37.3 Å².